The van der Waals surface area contributed by atoms with Crippen LogP contribution >= 0.6 is 11.8 Å². The van der Waals surface area contributed by atoms with Crippen LogP contribution < -0.4 is 5.73 Å². The van der Waals surface area contributed by atoms with E-state index in [1.807, 2.05) is 6.92 Å². The number of thioether (sulfide) groups is 1. The molecule has 0 aliphatic rings. The van der Waals surface area contributed by atoms with E-state index in [0.717, 1.165) is 12.2 Å². The molecule has 0 bridgehead atoms. The van der Waals surface area contributed by atoms with Crippen molar-refractivity contribution in [2.45, 2.75) is 13.3 Å². The Labute approximate surface area is 71.7 Å². The minimum absolute atomic E-state index is 0.134. The first kappa shape index (κ1) is 10.8. The molecule has 0 aromatic rings. The summed E-state index contributed by atoms with van der Waals surface area (Å²) in [7, 11) is 0. The zero-order chi connectivity index (χ0) is 8.53. The molecule has 0 fully saturated rings. The number of rotatable bonds is 6. The molecule has 0 saturated carbocycles. The summed E-state index contributed by atoms with van der Waals surface area (Å²) in [5, 5.41) is 0. The van der Waals surface area contributed by atoms with Gasteiger partial charge in [0.2, 0.25) is 0 Å². The van der Waals surface area contributed by atoms with Crippen LogP contribution in [0.4, 0.5) is 0 Å². The predicted octanol–water partition coefficient (Wildman–Crippen LogP) is 0.632. The maximum absolute atomic E-state index is 10.8. The monoisotopic (exact) mass is 177 g/mol. The number of nitrogens with two attached hydrogens (primary N) is 1. The lowest BCUT2D eigenvalue weighted by atomic mass is 10.5. The SMILES string of the molecule is CCCOC(=O)CSCCN. The third kappa shape index (κ3) is 7.68. The van der Waals surface area contributed by atoms with Gasteiger partial charge in [0.15, 0.2) is 0 Å². The fraction of sp³-hybridized carbons (Fsp3) is 0.857. The largest absolute Gasteiger partial charge is 0.465 e. The third-order valence-corrected chi connectivity index (χ3v) is 1.91. The van der Waals surface area contributed by atoms with Gasteiger partial charge in [-0.3, -0.25) is 4.79 Å². The zero-order valence-corrected chi connectivity index (χ0v) is 7.65. The van der Waals surface area contributed by atoms with Gasteiger partial charge in [-0.2, -0.15) is 0 Å². The average molecular weight is 177 g/mol. The molecule has 0 unspecified atom stereocenters. The summed E-state index contributed by atoms with van der Waals surface area (Å²) in [6.07, 6.45) is 0.882. The molecule has 0 atom stereocenters. The molecule has 11 heavy (non-hydrogen) atoms. The first-order valence-electron chi connectivity index (χ1n) is 3.74. The summed E-state index contributed by atoms with van der Waals surface area (Å²) in [4.78, 5) is 10.8. The molecular formula is C7H15NO2S. The van der Waals surface area contributed by atoms with E-state index in [4.69, 9.17) is 10.5 Å². The van der Waals surface area contributed by atoms with E-state index in [2.05, 4.69) is 0 Å². The number of carbonyl (C=O) groups is 1. The van der Waals surface area contributed by atoms with Crippen molar-refractivity contribution in [3.8, 4) is 0 Å². The first-order valence-corrected chi connectivity index (χ1v) is 4.90. The van der Waals surface area contributed by atoms with Gasteiger partial charge in [-0.25, -0.2) is 0 Å². The topological polar surface area (TPSA) is 52.3 Å². The van der Waals surface area contributed by atoms with Gasteiger partial charge in [0.1, 0.15) is 0 Å². The Balaban J connectivity index is 3.09. The normalized spacial score (nSPS) is 9.64. The fourth-order valence-electron chi connectivity index (χ4n) is 0.496. The molecule has 0 aliphatic carbocycles. The Hall–Kier alpha value is -0.220. The lowest BCUT2D eigenvalue weighted by molar-refractivity contribution is -0.140. The third-order valence-electron chi connectivity index (χ3n) is 0.949. The van der Waals surface area contributed by atoms with Crippen LogP contribution in [-0.2, 0) is 9.53 Å². The fourth-order valence-corrected chi connectivity index (χ4v) is 1.06. The predicted molar refractivity (Wildman–Crippen MR) is 47.6 cm³/mol. The molecule has 0 radical (unpaired) electrons. The number of hydrogen-bond acceptors (Lipinski definition) is 4. The van der Waals surface area contributed by atoms with Crippen LogP contribution in [-0.4, -0.2) is 30.6 Å². The lowest BCUT2D eigenvalue weighted by Crippen LogP contribution is -2.10. The Morgan fingerprint density at radius 1 is 1.64 bits per heavy atom. The van der Waals surface area contributed by atoms with E-state index >= 15 is 0 Å². The molecule has 0 aromatic heterocycles. The molecule has 0 amide bonds. The van der Waals surface area contributed by atoms with Crippen molar-refractivity contribution in [1.82, 2.24) is 0 Å². The summed E-state index contributed by atoms with van der Waals surface area (Å²) in [6, 6.07) is 0. The second-order valence-corrected chi connectivity index (χ2v) is 3.17. The van der Waals surface area contributed by atoms with Gasteiger partial charge in [-0.1, -0.05) is 6.92 Å². The Morgan fingerprint density at radius 3 is 2.91 bits per heavy atom. The zero-order valence-electron chi connectivity index (χ0n) is 6.84. The van der Waals surface area contributed by atoms with Gasteiger partial charge in [-0.15, -0.1) is 11.8 Å². The van der Waals surface area contributed by atoms with Gasteiger partial charge in [0.05, 0.1) is 12.4 Å². The van der Waals surface area contributed by atoms with Crippen molar-refractivity contribution in [2.75, 3.05) is 24.7 Å². The summed E-state index contributed by atoms with van der Waals surface area (Å²) in [6.45, 7) is 3.12. The molecule has 66 valence electrons. The van der Waals surface area contributed by atoms with Crippen LogP contribution in [0.1, 0.15) is 13.3 Å². The molecular weight excluding hydrogens is 162 g/mol. The van der Waals surface area contributed by atoms with E-state index in [1.165, 1.54) is 11.8 Å². The van der Waals surface area contributed by atoms with Crippen molar-refractivity contribution in [3.05, 3.63) is 0 Å². The molecule has 0 saturated heterocycles. The molecule has 2 N–H and O–H groups in total. The summed E-state index contributed by atoms with van der Waals surface area (Å²) in [5.41, 5.74) is 5.24. The standard InChI is InChI=1S/C7H15NO2S/c1-2-4-10-7(9)6-11-5-3-8/h2-6,8H2,1H3. The van der Waals surface area contributed by atoms with Gasteiger partial charge in [0.25, 0.3) is 0 Å². The Kier molecular flexibility index (Phi) is 7.72. The minimum atomic E-state index is -0.134. The summed E-state index contributed by atoms with van der Waals surface area (Å²) < 4.78 is 4.84. The van der Waals surface area contributed by atoms with E-state index < -0.39 is 0 Å². The quantitative estimate of drug-likeness (QED) is 0.477. The van der Waals surface area contributed by atoms with E-state index in [0.29, 0.717) is 18.9 Å². The molecule has 4 heteroatoms. The van der Waals surface area contributed by atoms with E-state index in [-0.39, 0.29) is 5.97 Å². The maximum atomic E-state index is 10.8. The highest BCUT2D eigenvalue weighted by Crippen LogP contribution is 1.98. The highest BCUT2D eigenvalue weighted by atomic mass is 32.2. The van der Waals surface area contributed by atoms with Crippen molar-refractivity contribution < 1.29 is 9.53 Å². The summed E-state index contributed by atoms with van der Waals surface area (Å²) in [5.74, 6) is 1.11. The first-order chi connectivity index (χ1) is 5.31. The smallest absolute Gasteiger partial charge is 0.315 e. The average Bonchev–Trinajstić information content (AvgIpc) is 2.01. The van der Waals surface area contributed by atoms with Crippen molar-refractivity contribution >= 4 is 17.7 Å². The Bertz CT molecular complexity index is 109. The Morgan fingerprint density at radius 2 is 2.36 bits per heavy atom. The molecule has 0 heterocycles. The highest BCUT2D eigenvalue weighted by Gasteiger charge is 2.00. The molecule has 0 aliphatic heterocycles. The van der Waals surface area contributed by atoms with Gasteiger partial charge < -0.3 is 10.5 Å². The highest BCUT2D eigenvalue weighted by molar-refractivity contribution is 7.99. The maximum Gasteiger partial charge on any atom is 0.315 e. The second kappa shape index (κ2) is 7.88. The van der Waals surface area contributed by atoms with E-state index in [9.17, 15) is 4.79 Å². The van der Waals surface area contributed by atoms with Crippen LogP contribution in [0.2, 0.25) is 0 Å². The van der Waals surface area contributed by atoms with Crippen molar-refractivity contribution in [2.24, 2.45) is 5.73 Å². The van der Waals surface area contributed by atoms with Crippen molar-refractivity contribution in [3.63, 3.8) is 0 Å². The molecule has 0 aromatic carbocycles. The van der Waals surface area contributed by atoms with Gasteiger partial charge >= 0.3 is 5.97 Å². The van der Waals surface area contributed by atoms with Gasteiger partial charge in [0, 0.05) is 12.3 Å². The van der Waals surface area contributed by atoms with Crippen LogP contribution in [0.15, 0.2) is 0 Å². The van der Waals surface area contributed by atoms with Crippen LogP contribution in [0.5, 0.6) is 0 Å². The minimum Gasteiger partial charge on any atom is -0.465 e. The lowest BCUT2D eigenvalue weighted by Gasteiger charge is -2.01. The number of hydrogen-bond donors (Lipinski definition) is 1. The molecule has 0 spiro atoms. The van der Waals surface area contributed by atoms with Crippen LogP contribution in [0, 0.1) is 0 Å². The molecule has 0 rings (SSSR count). The van der Waals surface area contributed by atoms with Crippen LogP contribution in [0.3, 0.4) is 0 Å². The number of ether oxygens (including phenoxy) is 1. The van der Waals surface area contributed by atoms with Gasteiger partial charge in [-0.05, 0) is 6.42 Å². The molecule has 3 nitrogen and oxygen atoms in total. The summed E-state index contributed by atoms with van der Waals surface area (Å²) >= 11 is 1.51. The van der Waals surface area contributed by atoms with E-state index in [1.54, 1.807) is 0 Å². The second-order valence-electron chi connectivity index (χ2n) is 2.06. The van der Waals surface area contributed by atoms with Crippen molar-refractivity contribution in [1.29, 1.82) is 0 Å². The number of esters is 1. The van der Waals surface area contributed by atoms with Crippen LogP contribution in [0.25, 0.3) is 0 Å². The number of carbonyl (C=O) groups excluding carboxylic acids is 1.